The van der Waals surface area contributed by atoms with Crippen LogP contribution in [0.3, 0.4) is 0 Å². The van der Waals surface area contributed by atoms with Crippen molar-refractivity contribution in [2.24, 2.45) is 0 Å². The van der Waals surface area contributed by atoms with E-state index in [1.165, 1.54) is 0 Å². The van der Waals surface area contributed by atoms with E-state index in [4.69, 9.17) is 21.1 Å². The van der Waals surface area contributed by atoms with Crippen LogP contribution in [0.1, 0.15) is 20.8 Å². The Balaban J connectivity index is 1.31. The van der Waals surface area contributed by atoms with E-state index < -0.39 is 5.54 Å². The van der Waals surface area contributed by atoms with Gasteiger partial charge in [0, 0.05) is 22.6 Å². The summed E-state index contributed by atoms with van der Waals surface area (Å²) >= 11 is 7.76. The standard InChI is InChI=1S/C22H19ClN4O3S/c23-14-3-1-2-13(6-14)8-27-20(28)16-7-18(31-19(16)22(27)11-30-12-22)17-4-5-24-21(26-17)25-15-9-29-10-15/h1-7,15H,8-12H2,(H,24,25,26). The van der Waals surface area contributed by atoms with Crippen molar-refractivity contribution in [3.8, 4) is 10.6 Å². The molecule has 158 valence electrons. The maximum absolute atomic E-state index is 13.4. The Kier molecular flexibility index (Phi) is 4.50. The third kappa shape index (κ3) is 3.13. The SMILES string of the molecule is O=C1c2cc(-c3ccnc(NC4COC4)n3)sc2C2(COC2)N1Cc1cccc(Cl)c1. The van der Waals surface area contributed by atoms with Gasteiger partial charge >= 0.3 is 0 Å². The van der Waals surface area contributed by atoms with Crippen molar-refractivity contribution in [2.75, 3.05) is 31.7 Å². The molecule has 7 nitrogen and oxygen atoms in total. The lowest BCUT2D eigenvalue weighted by molar-refractivity contribution is -0.126. The molecule has 2 fully saturated rings. The highest BCUT2D eigenvalue weighted by atomic mass is 35.5. The van der Waals surface area contributed by atoms with Gasteiger partial charge in [0.05, 0.1) is 48.6 Å². The highest BCUT2D eigenvalue weighted by Gasteiger charge is 2.56. The van der Waals surface area contributed by atoms with Gasteiger partial charge in [-0.05, 0) is 29.8 Å². The zero-order chi connectivity index (χ0) is 21.0. The second-order valence-electron chi connectivity index (χ2n) is 8.04. The number of carbonyl (C=O) groups excluding carboxylic acids is 1. The number of thiophene rings is 1. The van der Waals surface area contributed by atoms with E-state index in [1.54, 1.807) is 17.5 Å². The minimum Gasteiger partial charge on any atom is -0.377 e. The first-order valence-corrected chi connectivity index (χ1v) is 11.3. The Morgan fingerprint density at radius 2 is 2.10 bits per heavy atom. The molecule has 31 heavy (non-hydrogen) atoms. The summed E-state index contributed by atoms with van der Waals surface area (Å²) in [5, 5.41) is 3.94. The van der Waals surface area contributed by atoms with Gasteiger partial charge in [-0.3, -0.25) is 4.79 Å². The van der Waals surface area contributed by atoms with Gasteiger partial charge in [-0.2, -0.15) is 0 Å². The number of nitrogens with one attached hydrogen (secondary N) is 1. The average molecular weight is 455 g/mol. The number of hydrogen-bond donors (Lipinski definition) is 1. The fourth-order valence-corrected chi connectivity index (χ4v) is 5.68. The van der Waals surface area contributed by atoms with Crippen LogP contribution < -0.4 is 5.32 Å². The second-order valence-corrected chi connectivity index (χ2v) is 9.53. The average Bonchev–Trinajstić information content (AvgIpc) is 3.23. The van der Waals surface area contributed by atoms with Crippen molar-refractivity contribution in [2.45, 2.75) is 18.1 Å². The molecule has 1 amide bonds. The molecule has 1 spiro atoms. The van der Waals surface area contributed by atoms with Gasteiger partial charge in [-0.1, -0.05) is 23.7 Å². The first kappa shape index (κ1) is 19.2. The molecule has 0 aliphatic carbocycles. The predicted molar refractivity (Wildman–Crippen MR) is 117 cm³/mol. The van der Waals surface area contributed by atoms with Crippen LogP contribution in [0.5, 0.6) is 0 Å². The van der Waals surface area contributed by atoms with Gasteiger partial charge in [0.2, 0.25) is 5.95 Å². The molecular weight excluding hydrogens is 436 g/mol. The first-order valence-electron chi connectivity index (χ1n) is 10.1. The lowest BCUT2D eigenvalue weighted by atomic mass is 9.95. The summed E-state index contributed by atoms with van der Waals surface area (Å²) in [4.78, 5) is 26.3. The van der Waals surface area contributed by atoms with Crippen LogP contribution in [0.2, 0.25) is 5.02 Å². The number of fused-ring (bicyclic) bond motifs is 2. The Hall–Kier alpha value is -2.52. The Labute approximate surface area is 188 Å². The van der Waals surface area contributed by atoms with Crippen molar-refractivity contribution in [1.82, 2.24) is 14.9 Å². The number of amides is 1. The maximum Gasteiger partial charge on any atom is 0.256 e. The number of carbonyl (C=O) groups is 1. The summed E-state index contributed by atoms with van der Waals surface area (Å²) in [5.41, 5.74) is 2.15. The van der Waals surface area contributed by atoms with Crippen LogP contribution in [0.4, 0.5) is 5.95 Å². The summed E-state index contributed by atoms with van der Waals surface area (Å²) in [7, 11) is 0. The number of ether oxygens (including phenoxy) is 2. The van der Waals surface area contributed by atoms with Crippen LogP contribution in [0.25, 0.3) is 10.6 Å². The molecule has 5 heterocycles. The van der Waals surface area contributed by atoms with Gasteiger partial charge in [-0.25, -0.2) is 9.97 Å². The summed E-state index contributed by atoms with van der Waals surface area (Å²) in [6, 6.07) is 11.7. The molecule has 0 radical (unpaired) electrons. The third-order valence-corrected chi connectivity index (χ3v) is 7.52. The fraction of sp³-hybridized carbons (Fsp3) is 0.318. The van der Waals surface area contributed by atoms with Crippen molar-refractivity contribution in [3.05, 3.63) is 63.6 Å². The number of rotatable bonds is 5. The number of nitrogens with zero attached hydrogens (tertiary/aromatic N) is 3. The summed E-state index contributed by atoms with van der Waals surface area (Å²) in [6.45, 7) is 2.85. The van der Waals surface area contributed by atoms with E-state index in [2.05, 4.69) is 15.3 Å². The minimum absolute atomic E-state index is 0.0276. The molecule has 1 N–H and O–H groups in total. The predicted octanol–water partition coefficient (Wildman–Crippen LogP) is 3.55. The quantitative estimate of drug-likeness (QED) is 0.635. The monoisotopic (exact) mass is 454 g/mol. The van der Waals surface area contributed by atoms with E-state index in [1.807, 2.05) is 41.3 Å². The van der Waals surface area contributed by atoms with Crippen LogP contribution >= 0.6 is 22.9 Å². The molecule has 0 saturated carbocycles. The van der Waals surface area contributed by atoms with E-state index in [0.29, 0.717) is 43.9 Å². The number of hydrogen-bond acceptors (Lipinski definition) is 7. The summed E-state index contributed by atoms with van der Waals surface area (Å²) in [5.74, 6) is 0.606. The second kappa shape index (κ2) is 7.27. The molecule has 0 unspecified atom stereocenters. The molecule has 6 rings (SSSR count). The molecule has 3 aromatic rings. The largest absolute Gasteiger partial charge is 0.377 e. The smallest absolute Gasteiger partial charge is 0.256 e. The Morgan fingerprint density at radius 1 is 1.23 bits per heavy atom. The lowest BCUT2D eigenvalue weighted by Crippen LogP contribution is -2.56. The van der Waals surface area contributed by atoms with Gasteiger partial charge in [0.1, 0.15) is 5.54 Å². The molecule has 2 aromatic heterocycles. The molecule has 9 heteroatoms. The van der Waals surface area contributed by atoms with Crippen molar-refractivity contribution >= 4 is 34.8 Å². The Bertz CT molecular complexity index is 1180. The topological polar surface area (TPSA) is 76.6 Å². The summed E-state index contributed by atoms with van der Waals surface area (Å²) < 4.78 is 10.8. The van der Waals surface area contributed by atoms with E-state index >= 15 is 0 Å². The number of aromatic nitrogens is 2. The van der Waals surface area contributed by atoms with Gasteiger partial charge < -0.3 is 19.7 Å². The van der Waals surface area contributed by atoms with E-state index in [-0.39, 0.29) is 11.9 Å². The molecule has 1 aromatic carbocycles. The maximum atomic E-state index is 13.4. The normalized spacial score (nSPS) is 19.3. The van der Waals surface area contributed by atoms with Crippen LogP contribution in [-0.2, 0) is 21.6 Å². The van der Waals surface area contributed by atoms with Crippen molar-refractivity contribution in [1.29, 1.82) is 0 Å². The lowest BCUT2D eigenvalue weighted by Gasteiger charge is -2.45. The molecular formula is C22H19ClN4O3S. The minimum atomic E-state index is -0.408. The summed E-state index contributed by atoms with van der Waals surface area (Å²) in [6.07, 6.45) is 1.74. The van der Waals surface area contributed by atoms with Crippen molar-refractivity contribution < 1.29 is 14.3 Å². The van der Waals surface area contributed by atoms with Crippen LogP contribution in [-0.4, -0.2) is 53.2 Å². The van der Waals surface area contributed by atoms with Gasteiger partial charge in [0.15, 0.2) is 0 Å². The third-order valence-electron chi connectivity index (χ3n) is 5.94. The van der Waals surface area contributed by atoms with Gasteiger partial charge in [0.25, 0.3) is 5.91 Å². The number of halogens is 1. The van der Waals surface area contributed by atoms with Gasteiger partial charge in [-0.15, -0.1) is 11.3 Å². The molecule has 2 saturated heterocycles. The Morgan fingerprint density at radius 3 is 2.81 bits per heavy atom. The van der Waals surface area contributed by atoms with Crippen molar-refractivity contribution in [3.63, 3.8) is 0 Å². The molecule has 3 aliphatic heterocycles. The molecule has 0 bridgehead atoms. The molecule has 0 atom stereocenters. The van der Waals surface area contributed by atoms with Crippen LogP contribution in [0.15, 0.2) is 42.6 Å². The first-order chi connectivity index (χ1) is 15.1. The molecule has 3 aliphatic rings. The van der Waals surface area contributed by atoms with Crippen LogP contribution in [0, 0.1) is 0 Å². The fourth-order valence-electron chi connectivity index (χ4n) is 4.17. The van der Waals surface area contributed by atoms with E-state index in [0.717, 1.165) is 26.6 Å². The number of benzene rings is 1. The zero-order valence-electron chi connectivity index (χ0n) is 16.5. The van der Waals surface area contributed by atoms with E-state index in [9.17, 15) is 4.79 Å². The number of anilines is 1. The zero-order valence-corrected chi connectivity index (χ0v) is 18.1. The highest BCUT2D eigenvalue weighted by Crippen LogP contribution is 2.50. The highest BCUT2D eigenvalue weighted by molar-refractivity contribution is 7.16.